The molecule has 2 aromatic rings. The molecule has 0 spiro atoms. The number of aryl methyl sites for hydroxylation is 1. The van der Waals surface area contributed by atoms with Crippen LogP contribution in [0.5, 0.6) is 0 Å². The molecule has 0 fully saturated rings. The average Bonchev–Trinajstić information content (AvgIpc) is 2.94. The first-order valence-electron chi connectivity index (χ1n) is 6.79. The molecule has 0 atom stereocenters. The van der Waals surface area contributed by atoms with E-state index in [0.717, 1.165) is 35.5 Å². The number of pyridine rings is 1. The van der Waals surface area contributed by atoms with Crippen LogP contribution in [-0.2, 0) is 29.7 Å². The summed E-state index contributed by atoms with van der Waals surface area (Å²) in [5, 5.41) is 3.21. The highest BCUT2D eigenvalue weighted by molar-refractivity contribution is 7.89. The fourth-order valence-corrected chi connectivity index (χ4v) is 3.43. The summed E-state index contributed by atoms with van der Waals surface area (Å²) in [6, 6.07) is 9.01. The van der Waals surface area contributed by atoms with Crippen LogP contribution in [0.1, 0.15) is 22.4 Å². The van der Waals surface area contributed by atoms with E-state index in [1.54, 1.807) is 18.3 Å². The molecule has 0 bridgehead atoms. The van der Waals surface area contributed by atoms with Gasteiger partial charge in [-0.25, -0.2) is 13.1 Å². The maximum Gasteiger partial charge on any atom is 0.240 e. The van der Waals surface area contributed by atoms with Gasteiger partial charge in [-0.1, -0.05) is 12.1 Å². The molecule has 0 amide bonds. The molecule has 1 aromatic heterocycles. The standard InChI is InChI=1S/C15H17N3O2S/c1-11-3-2-6-17-15(11)10-18-21(19,20)14-5-4-12-8-16-9-13(12)7-14/h2-7,16,18H,8-10H2,1H3. The zero-order valence-electron chi connectivity index (χ0n) is 11.8. The van der Waals surface area contributed by atoms with E-state index in [4.69, 9.17) is 0 Å². The summed E-state index contributed by atoms with van der Waals surface area (Å²) in [5.41, 5.74) is 3.92. The van der Waals surface area contributed by atoms with Crippen molar-refractivity contribution in [1.82, 2.24) is 15.0 Å². The molecule has 21 heavy (non-hydrogen) atoms. The van der Waals surface area contributed by atoms with Crippen LogP contribution in [0.15, 0.2) is 41.4 Å². The van der Waals surface area contributed by atoms with Crippen LogP contribution in [0.2, 0.25) is 0 Å². The minimum atomic E-state index is -3.51. The summed E-state index contributed by atoms with van der Waals surface area (Å²) in [6.07, 6.45) is 1.66. The maximum absolute atomic E-state index is 12.4. The van der Waals surface area contributed by atoms with Crippen LogP contribution in [0.4, 0.5) is 0 Å². The van der Waals surface area contributed by atoms with Gasteiger partial charge in [0.25, 0.3) is 0 Å². The summed E-state index contributed by atoms with van der Waals surface area (Å²) in [5.74, 6) is 0. The van der Waals surface area contributed by atoms with Gasteiger partial charge in [0.1, 0.15) is 0 Å². The Morgan fingerprint density at radius 1 is 1.24 bits per heavy atom. The van der Waals surface area contributed by atoms with Crippen LogP contribution in [0.25, 0.3) is 0 Å². The van der Waals surface area contributed by atoms with Gasteiger partial charge in [-0.3, -0.25) is 4.98 Å². The van der Waals surface area contributed by atoms with Crippen molar-refractivity contribution in [3.05, 3.63) is 58.9 Å². The lowest BCUT2D eigenvalue weighted by molar-refractivity contribution is 0.580. The van der Waals surface area contributed by atoms with E-state index < -0.39 is 10.0 Å². The Labute approximate surface area is 124 Å². The van der Waals surface area contributed by atoms with Crippen LogP contribution in [0.3, 0.4) is 0 Å². The fraction of sp³-hybridized carbons (Fsp3) is 0.267. The predicted octanol–water partition coefficient (Wildman–Crippen LogP) is 1.47. The molecule has 1 aromatic carbocycles. The number of nitrogens with one attached hydrogen (secondary N) is 2. The van der Waals surface area contributed by atoms with Gasteiger partial charge in [0, 0.05) is 19.3 Å². The molecule has 2 N–H and O–H groups in total. The summed E-state index contributed by atoms with van der Waals surface area (Å²) in [4.78, 5) is 4.50. The van der Waals surface area contributed by atoms with Gasteiger partial charge in [-0.15, -0.1) is 0 Å². The molecule has 1 aliphatic rings. The number of rotatable bonds is 4. The van der Waals surface area contributed by atoms with Gasteiger partial charge in [0.05, 0.1) is 17.1 Å². The molecule has 2 heterocycles. The van der Waals surface area contributed by atoms with E-state index in [-0.39, 0.29) is 6.54 Å². The average molecular weight is 303 g/mol. The predicted molar refractivity (Wildman–Crippen MR) is 80.0 cm³/mol. The highest BCUT2D eigenvalue weighted by Gasteiger charge is 2.18. The Bertz CT molecular complexity index is 772. The lowest BCUT2D eigenvalue weighted by Crippen LogP contribution is -2.24. The molecular weight excluding hydrogens is 286 g/mol. The number of benzene rings is 1. The molecule has 0 aliphatic carbocycles. The van der Waals surface area contributed by atoms with Crippen molar-refractivity contribution in [2.75, 3.05) is 0 Å². The first-order chi connectivity index (χ1) is 10.1. The first-order valence-corrected chi connectivity index (χ1v) is 8.27. The van der Waals surface area contributed by atoms with E-state index >= 15 is 0 Å². The van der Waals surface area contributed by atoms with E-state index in [0.29, 0.717) is 4.90 Å². The van der Waals surface area contributed by atoms with E-state index in [9.17, 15) is 8.42 Å². The van der Waals surface area contributed by atoms with Gasteiger partial charge in [-0.2, -0.15) is 0 Å². The summed E-state index contributed by atoms with van der Waals surface area (Å²) in [7, 11) is -3.51. The zero-order chi connectivity index (χ0) is 14.9. The van der Waals surface area contributed by atoms with Gasteiger partial charge in [0.2, 0.25) is 10.0 Å². The molecule has 110 valence electrons. The second-order valence-corrected chi connectivity index (χ2v) is 6.89. The number of aromatic nitrogens is 1. The summed E-state index contributed by atoms with van der Waals surface area (Å²) >= 11 is 0. The van der Waals surface area contributed by atoms with Crippen molar-refractivity contribution < 1.29 is 8.42 Å². The number of sulfonamides is 1. The smallest absolute Gasteiger partial charge is 0.240 e. The lowest BCUT2D eigenvalue weighted by Gasteiger charge is -2.09. The van der Waals surface area contributed by atoms with Crippen LogP contribution in [-0.4, -0.2) is 13.4 Å². The minimum Gasteiger partial charge on any atom is -0.309 e. The SMILES string of the molecule is Cc1cccnc1CNS(=O)(=O)c1ccc2c(c1)CNC2. The van der Waals surface area contributed by atoms with E-state index in [2.05, 4.69) is 15.0 Å². The number of hydrogen-bond acceptors (Lipinski definition) is 4. The van der Waals surface area contributed by atoms with E-state index in [1.165, 1.54) is 0 Å². The second-order valence-electron chi connectivity index (χ2n) is 5.13. The topological polar surface area (TPSA) is 71.1 Å². The Morgan fingerprint density at radius 2 is 2.05 bits per heavy atom. The van der Waals surface area contributed by atoms with Crippen molar-refractivity contribution in [2.45, 2.75) is 31.5 Å². The molecule has 0 saturated carbocycles. The molecule has 1 aliphatic heterocycles. The van der Waals surface area contributed by atoms with Crippen molar-refractivity contribution in [3.63, 3.8) is 0 Å². The highest BCUT2D eigenvalue weighted by atomic mass is 32.2. The lowest BCUT2D eigenvalue weighted by atomic mass is 10.1. The quantitative estimate of drug-likeness (QED) is 0.897. The minimum absolute atomic E-state index is 0.199. The summed E-state index contributed by atoms with van der Waals surface area (Å²) < 4.78 is 27.3. The monoisotopic (exact) mass is 303 g/mol. The van der Waals surface area contributed by atoms with Crippen molar-refractivity contribution in [3.8, 4) is 0 Å². The normalized spacial score (nSPS) is 14.1. The van der Waals surface area contributed by atoms with Gasteiger partial charge in [-0.05, 0) is 41.8 Å². The molecule has 0 saturated heterocycles. The molecule has 0 unspecified atom stereocenters. The van der Waals surface area contributed by atoms with Gasteiger partial charge >= 0.3 is 0 Å². The van der Waals surface area contributed by atoms with E-state index in [1.807, 2.05) is 25.1 Å². The molecule has 5 nitrogen and oxygen atoms in total. The van der Waals surface area contributed by atoms with Gasteiger partial charge < -0.3 is 5.32 Å². The second kappa shape index (κ2) is 5.55. The third kappa shape index (κ3) is 2.97. The largest absolute Gasteiger partial charge is 0.309 e. The number of hydrogen-bond donors (Lipinski definition) is 2. The van der Waals surface area contributed by atoms with Crippen LogP contribution < -0.4 is 10.0 Å². The highest BCUT2D eigenvalue weighted by Crippen LogP contribution is 2.20. The molecule has 3 rings (SSSR count). The van der Waals surface area contributed by atoms with Crippen molar-refractivity contribution in [2.24, 2.45) is 0 Å². The number of nitrogens with zero attached hydrogens (tertiary/aromatic N) is 1. The maximum atomic E-state index is 12.4. The zero-order valence-corrected chi connectivity index (χ0v) is 12.6. The van der Waals surface area contributed by atoms with Crippen LogP contribution in [0, 0.1) is 6.92 Å². The fourth-order valence-electron chi connectivity index (χ4n) is 2.39. The van der Waals surface area contributed by atoms with Crippen molar-refractivity contribution in [1.29, 1.82) is 0 Å². The third-order valence-corrected chi connectivity index (χ3v) is 5.07. The Balaban J connectivity index is 1.80. The summed E-state index contributed by atoms with van der Waals surface area (Å²) in [6.45, 7) is 3.64. The molecule has 0 radical (unpaired) electrons. The van der Waals surface area contributed by atoms with Crippen LogP contribution >= 0.6 is 0 Å². The number of fused-ring (bicyclic) bond motifs is 1. The molecular formula is C15H17N3O2S. The Morgan fingerprint density at radius 3 is 2.86 bits per heavy atom. The van der Waals surface area contributed by atoms with Gasteiger partial charge in [0.15, 0.2) is 0 Å². The van der Waals surface area contributed by atoms with Crippen molar-refractivity contribution >= 4 is 10.0 Å². The third-order valence-electron chi connectivity index (χ3n) is 3.67. The first kappa shape index (κ1) is 14.2. The Kier molecular flexibility index (Phi) is 3.75. The molecule has 6 heteroatoms. The Hall–Kier alpha value is -1.76.